The largest absolute Gasteiger partial charge is 0.387 e. The molecule has 0 aliphatic heterocycles. The van der Waals surface area contributed by atoms with E-state index in [1.807, 2.05) is 32.7 Å². The minimum atomic E-state index is -0.689. The predicted molar refractivity (Wildman–Crippen MR) is 82.5 cm³/mol. The summed E-state index contributed by atoms with van der Waals surface area (Å²) in [4.78, 5) is 10.2. The molecule has 2 unspecified atom stereocenters. The highest BCUT2D eigenvalue weighted by Crippen LogP contribution is 2.35. The fourth-order valence-electron chi connectivity index (χ4n) is 2.60. The second-order valence-electron chi connectivity index (χ2n) is 6.53. The van der Waals surface area contributed by atoms with Gasteiger partial charge >= 0.3 is 0 Å². The van der Waals surface area contributed by atoms with E-state index in [1.54, 1.807) is 0 Å². The van der Waals surface area contributed by atoms with Crippen molar-refractivity contribution < 1.29 is 10.2 Å². The van der Waals surface area contributed by atoms with Crippen molar-refractivity contribution in [1.29, 1.82) is 0 Å². The van der Waals surface area contributed by atoms with Gasteiger partial charge < -0.3 is 15.1 Å². The number of nitrogens with one attached hydrogen (secondary N) is 1. The monoisotopic (exact) mass is 314 g/mol. The molecule has 1 aromatic rings. The molecule has 6 nitrogen and oxygen atoms in total. The van der Waals surface area contributed by atoms with Gasteiger partial charge in [-0.05, 0) is 45.2 Å². The lowest BCUT2D eigenvalue weighted by Crippen LogP contribution is -2.48. The van der Waals surface area contributed by atoms with Crippen molar-refractivity contribution in [1.82, 2.24) is 15.3 Å². The number of nitrogens with zero attached hydrogens (tertiary/aromatic N) is 3. The first-order valence-electron chi connectivity index (χ1n) is 7.08. The minimum Gasteiger partial charge on any atom is -0.387 e. The fraction of sp³-hybridized carbons (Fsp3) is 0.714. The molecule has 1 heterocycles. The summed E-state index contributed by atoms with van der Waals surface area (Å²) in [5.41, 5.74) is 1.34. The Labute approximate surface area is 130 Å². The van der Waals surface area contributed by atoms with E-state index in [9.17, 15) is 10.2 Å². The van der Waals surface area contributed by atoms with Gasteiger partial charge in [-0.2, -0.15) is 0 Å². The molecule has 0 fully saturated rings. The molecule has 0 amide bonds. The molecule has 0 spiro atoms. The summed E-state index contributed by atoms with van der Waals surface area (Å²) < 4.78 is 0. The number of aromatic nitrogens is 2. The molecule has 3 N–H and O–H groups in total. The molecule has 2 rings (SSSR count). The highest BCUT2D eigenvalue weighted by molar-refractivity contribution is 6.28. The van der Waals surface area contributed by atoms with Gasteiger partial charge in [-0.1, -0.05) is 0 Å². The van der Waals surface area contributed by atoms with Crippen molar-refractivity contribution in [2.24, 2.45) is 0 Å². The number of likely N-dealkylation sites (N-methyl/N-ethyl adjacent to an activating group) is 1. The minimum absolute atomic E-state index is 0.120. The van der Waals surface area contributed by atoms with Crippen LogP contribution in [0.3, 0.4) is 0 Å². The van der Waals surface area contributed by atoms with Crippen molar-refractivity contribution >= 4 is 17.4 Å². The Balaban J connectivity index is 2.17. The van der Waals surface area contributed by atoms with Gasteiger partial charge in [-0.3, -0.25) is 5.32 Å². The Morgan fingerprint density at radius 1 is 1.43 bits per heavy atom. The van der Waals surface area contributed by atoms with Gasteiger partial charge in [0, 0.05) is 18.2 Å². The fourth-order valence-corrected chi connectivity index (χ4v) is 2.77. The molecule has 0 radical (unpaired) electrons. The average molecular weight is 315 g/mol. The molecule has 21 heavy (non-hydrogen) atoms. The molecule has 0 saturated heterocycles. The molecule has 1 aliphatic rings. The Morgan fingerprint density at radius 3 is 2.71 bits per heavy atom. The molecule has 0 bridgehead atoms. The first kappa shape index (κ1) is 16.4. The lowest BCUT2D eigenvalue weighted by molar-refractivity contribution is 0.112. The summed E-state index contributed by atoms with van der Waals surface area (Å²) in [7, 11) is 1.84. The summed E-state index contributed by atoms with van der Waals surface area (Å²) >= 11 is 5.94. The zero-order valence-corrected chi connectivity index (χ0v) is 13.6. The average Bonchev–Trinajstić information content (AvgIpc) is 2.67. The molecular formula is C14H23ClN4O2. The number of halogens is 1. The van der Waals surface area contributed by atoms with Gasteiger partial charge in [0.05, 0.1) is 18.3 Å². The molecule has 0 saturated carbocycles. The third-order valence-electron chi connectivity index (χ3n) is 3.38. The lowest BCUT2D eigenvalue weighted by Gasteiger charge is -2.29. The summed E-state index contributed by atoms with van der Waals surface area (Å²) in [6.45, 7) is 6.34. The second-order valence-corrected chi connectivity index (χ2v) is 6.86. The van der Waals surface area contributed by atoms with Crippen molar-refractivity contribution in [2.45, 2.75) is 51.5 Å². The van der Waals surface area contributed by atoms with Crippen molar-refractivity contribution in [3.63, 3.8) is 0 Å². The van der Waals surface area contributed by atoms with Crippen LogP contribution in [0.25, 0.3) is 0 Å². The first-order chi connectivity index (χ1) is 9.67. The lowest BCUT2D eigenvalue weighted by atomic mass is 10.1. The van der Waals surface area contributed by atoms with Crippen LogP contribution in [0.2, 0.25) is 5.28 Å². The Hall–Kier alpha value is -0.950. The zero-order valence-electron chi connectivity index (χ0n) is 12.9. The Morgan fingerprint density at radius 2 is 2.10 bits per heavy atom. The van der Waals surface area contributed by atoms with Crippen LogP contribution in [0, 0.1) is 0 Å². The molecule has 0 aromatic carbocycles. The number of anilines is 1. The van der Waals surface area contributed by atoms with E-state index in [-0.39, 0.29) is 10.8 Å². The van der Waals surface area contributed by atoms with Crippen LogP contribution < -0.4 is 10.2 Å². The van der Waals surface area contributed by atoms with Gasteiger partial charge in [0.25, 0.3) is 0 Å². The smallest absolute Gasteiger partial charge is 0.224 e. The van der Waals surface area contributed by atoms with Gasteiger partial charge in [-0.25, -0.2) is 9.97 Å². The maximum Gasteiger partial charge on any atom is 0.224 e. The van der Waals surface area contributed by atoms with Crippen molar-refractivity contribution in [3.05, 3.63) is 16.5 Å². The highest BCUT2D eigenvalue weighted by atomic mass is 35.5. The van der Waals surface area contributed by atoms with Crippen LogP contribution in [-0.2, 0) is 6.42 Å². The predicted octanol–water partition coefficient (Wildman–Crippen LogP) is 1.25. The standard InChI is InChI=1S/C14H23ClN4O2/c1-14(2,3)18-10(21)7-19(4)12-8-5-6-9(20)11(8)16-13(15)17-12/h9-10,18,20-21H,5-7H2,1-4H3. The maximum absolute atomic E-state index is 10.1. The van der Waals surface area contributed by atoms with Crippen LogP contribution in [0.5, 0.6) is 0 Å². The van der Waals surface area contributed by atoms with Gasteiger partial charge in [0.2, 0.25) is 5.28 Å². The maximum atomic E-state index is 10.1. The summed E-state index contributed by atoms with van der Waals surface area (Å²) in [5, 5.41) is 23.2. The molecule has 1 aliphatic carbocycles. The topological polar surface area (TPSA) is 81.5 Å². The second kappa shape index (κ2) is 6.04. The molecule has 2 atom stereocenters. The van der Waals surface area contributed by atoms with E-state index < -0.39 is 12.3 Å². The number of fused-ring (bicyclic) bond motifs is 1. The summed E-state index contributed by atoms with van der Waals surface area (Å²) in [5.74, 6) is 0.677. The van der Waals surface area contributed by atoms with Gasteiger partial charge in [0.15, 0.2) is 0 Å². The van der Waals surface area contributed by atoms with Gasteiger partial charge in [0.1, 0.15) is 12.0 Å². The van der Waals surface area contributed by atoms with Crippen LogP contribution >= 0.6 is 11.6 Å². The van der Waals surface area contributed by atoms with E-state index in [1.165, 1.54) is 0 Å². The van der Waals surface area contributed by atoms with Crippen LogP contribution in [0.15, 0.2) is 0 Å². The Bertz CT molecular complexity index is 518. The van der Waals surface area contributed by atoms with E-state index in [0.717, 1.165) is 12.0 Å². The van der Waals surface area contributed by atoms with Crippen LogP contribution in [-0.4, -0.2) is 45.5 Å². The third-order valence-corrected chi connectivity index (χ3v) is 3.55. The van der Waals surface area contributed by atoms with Crippen molar-refractivity contribution in [2.75, 3.05) is 18.5 Å². The normalized spacial score (nSPS) is 19.5. The van der Waals surface area contributed by atoms with Crippen LogP contribution in [0.1, 0.15) is 44.6 Å². The number of hydrogen-bond acceptors (Lipinski definition) is 6. The molecular weight excluding hydrogens is 292 g/mol. The Kier molecular flexibility index (Phi) is 4.72. The number of aliphatic hydroxyl groups is 2. The van der Waals surface area contributed by atoms with Crippen LogP contribution in [0.4, 0.5) is 5.82 Å². The summed E-state index contributed by atoms with van der Waals surface area (Å²) in [6, 6.07) is 0. The van der Waals surface area contributed by atoms with Crippen molar-refractivity contribution in [3.8, 4) is 0 Å². The number of rotatable bonds is 4. The zero-order chi connectivity index (χ0) is 15.8. The number of hydrogen-bond donors (Lipinski definition) is 3. The SMILES string of the molecule is CN(CC(O)NC(C)(C)C)c1nc(Cl)nc2c1CCC2O. The van der Waals surface area contributed by atoms with E-state index in [2.05, 4.69) is 15.3 Å². The van der Waals surface area contributed by atoms with E-state index in [4.69, 9.17) is 11.6 Å². The third kappa shape index (κ3) is 4.03. The summed E-state index contributed by atoms with van der Waals surface area (Å²) in [6.07, 6.45) is 0.0837. The molecule has 1 aromatic heterocycles. The first-order valence-corrected chi connectivity index (χ1v) is 7.46. The quantitative estimate of drug-likeness (QED) is 0.573. The molecule has 7 heteroatoms. The van der Waals surface area contributed by atoms with E-state index >= 15 is 0 Å². The van der Waals surface area contributed by atoms with E-state index in [0.29, 0.717) is 24.5 Å². The highest BCUT2D eigenvalue weighted by Gasteiger charge is 2.28. The number of aliphatic hydroxyl groups excluding tert-OH is 2. The van der Waals surface area contributed by atoms with Gasteiger partial charge in [-0.15, -0.1) is 0 Å². The molecule has 118 valence electrons.